The van der Waals surface area contributed by atoms with E-state index >= 15 is 0 Å². The second-order valence-electron chi connectivity index (χ2n) is 4.98. The third kappa shape index (κ3) is 4.33. The molecule has 0 aliphatic rings. The summed E-state index contributed by atoms with van der Waals surface area (Å²) in [4.78, 5) is 23.6. The fourth-order valence-corrected chi connectivity index (χ4v) is 2.55. The fraction of sp³-hybridized carbons (Fsp3) is 0.176. The van der Waals surface area contributed by atoms with E-state index in [0.717, 1.165) is 5.56 Å². The first kappa shape index (κ1) is 16.5. The Balaban J connectivity index is 2.25. The normalized spacial score (nSPS) is 11.9. The minimum atomic E-state index is -1.01. The van der Waals surface area contributed by atoms with Crippen LogP contribution in [0.3, 0.4) is 0 Å². The summed E-state index contributed by atoms with van der Waals surface area (Å²) in [6, 6.07) is 13.9. The Labute approximate surface area is 138 Å². The maximum atomic E-state index is 12.6. The molecule has 0 aromatic heterocycles. The predicted molar refractivity (Wildman–Crippen MR) is 86.7 cm³/mol. The Kier molecular flexibility index (Phi) is 5.58. The van der Waals surface area contributed by atoms with Gasteiger partial charge in [-0.2, -0.15) is 0 Å². The maximum absolute atomic E-state index is 12.6. The smallest absolute Gasteiger partial charge is 0.304 e. The SMILES string of the molecule is O=C(O)C[C@@H](Cc1ccccc1)C(=O)c1ccc(Cl)c(Cl)c1. The minimum Gasteiger partial charge on any atom is -0.481 e. The second kappa shape index (κ2) is 7.43. The number of carbonyl (C=O) groups excluding carboxylic acids is 1. The molecule has 0 saturated carbocycles. The van der Waals surface area contributed by atoms with Crippen LogP contribution in [0.2, 0.25) is 10.0 Å². The minimum absolute atomic E-state index is 0.228. The molecule has 0 aliphatic carbocycles. The monoisotopic (exact) mass is 336 g/mol. The van der Waals surface area contributed by atoms with Crippen molar-refractivity contribution in [1.29, 1.82) is 0 Å². The number of halogens is 2. The number of carbonyl (C=O) groups is 2. The van der Waals surface area contributed by atoms with Gasteiger partial charge in [-0.25, -0.2) is 0 Å². The van der Waals surface area contributed by atoms with Crippen LogP contribution >= 0.6 is 23.2 Å². The van der Waals surface area contributed by atoms with Crippen molar-refractivity contribution in [3.8, 4) is 0 Å². The third-order valence-electron chi connectivity index (χ3n) is 3.32. The van der Waals surface area contributed by atoms with Gasteiger partial charge in [0.2, 0.25) is 0 Å². The zero-order chi connectivity index (χ0) is 16.1. The van der Waals surface area contributed by atoms with Crippen LogP contribution < -0.4 is 0 Å². The van der Waals surface area contributed by atoms with Crippen LogP contribution in [-0.4, -0.2) is 16.9 Å². The van der Waals surface area contributed by atoms with Crippen LogP contribution in [0.15, 0.2) is 48.5 Å². The summed E-state index contributed by atoms with van der Waals surface area (Å²) >= 11 is 11.8. The van der Waals surface area contributed by atoms with E-state index in [1.54, 1.807) is 6.07 Å². The molecule has 2 rings (SSSR count). The van der Waals surface area contributed by atoms with Gasteiger partial charge in [0.05, 0.1) is 16.5 Å². The lowest BCUT2D eigenvalue weighted by Crippen LogP contribution is -2.21. The Morgan fingerprint density at radius 2 is 1.68 bits per heavy atom. The largest absolute Gasteiger partial charge is 0.481 e. The molecule has 0 fully saturated rings. The number of rotatable bonds is 6. The molecule has 0 aliphatic heterocycles. The summed E-state index contributed by atoms with van der Waals surface area (Å²) in [5.74, 6) is -1.89. The van der Waals surface area contributed by atoms with Gasteiger partial charge in [0, 0.05) is 11.5 Å². The number of benzene rings is 2. The van der Waals surface area contributed by atoms with E-state index in [0.29, 0.717) is 17.0 Å². The maximum Gasteiger partial charge on any atom is 0.304 e. The molecule has 114 valence electrons. The molecule has 2 aromatic carbocycles. The Morgan fingerprint density at radius 3 is 2.27 bits per heavy atom. The average Bonchev–Trinajstić information content (AvgIpc) is 2.49. The summed E-state index contributed by atoms with van der Waals surface area (Å²) < 4.78 is 0. The molecule has 0 radical (unpaired) electrons. The van der Waals surface area contributed by atoms with Crippen molar-refractivity contribution in [3.05, 3.63) is 69.7 Å². The molecule has 0 heterocycles. The van der Waals surface area contributed by atoms with Crippen LogP contribution in [0.5, 0.6) is 0 Å². The molecule has 0 amide bonds. The predicted octanol–water partition coefficient (Wildman–Crippen LogP) is 4.51. The molecular weight excluding hydrogens is 323 g/mol. The summed E-state index contributed by atoms with van der Waals surface area (Å²) in [6.45, 7) is 0. The van der Waals surface area contributed by atoms with Crippen molar-refractivity contribution >= 4 is 35.0 Å². The van der Waals surface area contributed by atoms with E-state index in [1.165, 1.54) is 12.1 Å². The van der Waals surface area contributed by atoms with Crippen molar-refractivity contribution in [2.24, 2.45) is 5.92 Å². The molecule has 0 saturated heterocycles. The lowest BCUT2D eigenvalue weighted by molar-refractivity contribution is -0.137. The number of hydrogen-bond donors (Lipinski definition) is 1. The molecule has 1 N–H and O–H groups in total. The molecular formula is C17H14Cl2O3. The van der Waals surface area contributed by atoms with Crippen LogP contribution in [0.4, 0.5) is 0 Å². The van der Waals surface area contributed by atoms with E-state index in [2.05, 4.69) is 0 Å². The van der Waals surface area contributed by atoms with Gasteiger partial charge in [0.1, 0.15) is 0 Å². The van der Waals surface area contributed by atoms with E-state index in [4.69, 9.17) is 28.3 Å². The van der Waals surface area contributed by atoms with Gasteiger partial charge in [-0.15, -0.1) is 0 Å². The van der Waals surface area contributed by atoms with Gasteiger partial charge >= 0.3 is 5.97 Å². The molecule has 3 nitrogen and oxygen atoms in total. The highest BCUT2D eigenvalue weighted by molar-refractivity contribution is 6.42. The highest BCUT2D eigenvalue weighted by atomic mass is 35.5. The second-order valence-corrected chi connectivity index (χ2v) is 5.79. The van der Waals surface area contributed by atoms with Gasteiger partial charge in [0.15, 0.2) is 5.78 Å². The third-order valence-corrected chi connectivity index (χ3v) is 4.06. The Bertz CT molecular complexity index is 684. The van der Waals surface area contributed by atoms with Gasteiger partial charge in [-0.05, 0) is 30.2 Å². The summed E-state index contributed by atoms with van der Waals surface area (Å²) in [7, 11) is 0. The number of Topliss-reactive ketones (excluding diaryl/α,β-unsaturated/α-hetero) is 1. The summed E-state index contributed by atoms with van der Waals surface area (Å²) in [6.07, 6.45) is 0.139. The molecule has 0 spiro atoms. The first-order valence-corrected chi connectivity index (χ1v) is 7.48. The first-order valence-electron chi connectivity index (χ1n) is 6.72. The molecule has 22 heavy (non-hydrogen) atoms. The summed E-state index contributed by atoms with van der Waals surface area (Å²) in [5, 5.41) is 9.69. The van der Waals surface area contributed by atoms with Gasteiger partial charge in [0.25, 0.3) is 0 Å². The number of aliphatic carboxylic acids is 1. The Hall–Kier alpha value is -1.84. The molecule has 2 aromatic rings. The van der Waals surface area contributed by atoms with Crippen LogP contribution in [-0.2, 0) is 11.2 Å². The van der Waals surface area contributed by atoms with Crippen molar-refractivity contribution in [3.63, 3.8) is 0 Å². The number of hydrogen-bond acceptors (Lipinski definition) is 2. The van der Waals surface area contributed by atoms with E-state index in [-0.39, 0.29) is 17.2 Å². The number of ketones is 1. The van der Waals surface area contributed by atoms with Gasteiger partial charge in [-0.1, -0.05) is 53.5 Å². The fourth-order valence-electron chi connectivity index (χ4n) is 2.25. The van der Waals surface area contributed by atoms with Crippen LogP contribution in [0, 0.1) is 5.92 Å². The van der Waals surface area contributed by atoms with Gasteiger partial charge in [-0.3, -0.25) is 9.59 Å². The zero-order valence-electron chi connectivity index (χ0n) is 11.6. The standard InChI is InChI=1S/C17H14Cl2O3/c18-14-7-6-12(9-15(14)19)17(22)13(10-16(20)21)8-11-4-2-1-3-5-11/h1-7,9,13H,8,10H2,(H,20,21)/t13-/m1/s1. The van der Waals surface area contributed by atoms with Crippen molar-refractivity contribution in [1.82, 2.24) is 0 Å². The van der Waals surface area contributed by atoms with Crippen molar-refractivity contribution in [2.75, 3.05) is 0 Å². The molecule has 5 heteroatoms. The van der Waals surface area contributed by atoms with Crippen molar-refractivity contribution in [2.45, 2.75) is 12.8 Å². The lowest BCUT2D eigenvalue weighted by atomic mass is 9.89. The van der Waals surface area contributed by atoms with E-state index < -0.39 is 11.9 Å². The van der Waals surface area contributed by atoms with Crippen molar-refractivity contribution < 1.29 is 14.7 Å². The quantitative estimate of drug-likeness (QED) is 0.789. The van der Waals surface area contributed by atoms with Gasteiger partial charge < -0.3 is 5.11 Å². The zero-order valence-corrected chi connectivity index (χ0v) is 13.1. The number of carboxylic acid groups (broad SMARTS) is 1. The summed E-state index contributed by atoms with van der Waals surface area (Å²) in [5.41, 5.74) is 1.29. The first-order chi connectivity index (χ1) is 10.5. The average molecular weight is 337 g/mol. The topological polar surface area (TPSA) is 54.4 Å². The van der Waals surface area contributed by atoms with E-state index in [9.17, 15) is 9.59 Å². The van der Waals surface area contributed by atoms with Crippen LogP contribution in [0.25, 0.3) is 0 Å². The Morgan fingerprint density at radius 1 is 1.00 bits per heavy atom. The van der Waals surface area contributed by atoms with Crippen LogP contribution in [0.1, 0.15) is 22.3 Å². The molecule has 0 unspecified atom stereocenters. The van der Waals surface area contributed by atoms with E-state index in [1.807, 2.05) is 30.3 Å². The lowest BCUT2D eigenvalue weighted by Gasteiger charge is -2.14. The number of carboxylic acids is 1. The molecule has 0 bridgehead atoms. The highest BCUT2D eigenvalue weighted by Gasteiger charge is 2.23. The highest BCUT2D eigenvalue weighted by Crippen LogP contribution is 2.25. The molecule has 1 atom stereocenters.